The molecule has 14 heteroatoms. The van der Waals surface area contributed by atoms with E-state index in [0.717, 1.165) is 26.3 Å². The number of imidazole rings is 1. The molecule has 0 spiro atoms. The molecule has 6 aromatic heterocycles. The maximum absolute atomic E-state index is 5.46. The largest absolute Gasteiger partial charge is 0.339 e. The number of hydrogen-bond donors (Lipinski definition) is 1. The van der Waals surface area contributed by atoms with Crippen molar-refractivity contribution in [3.8, 4) is 0 Å². The van der Waals surface area contributed by atoms with Crippen LogP contribution in [0.5, 0.6) is 0 Å². The first-order chi connectivity index (χ1) is 22.8. The zero-order valence-corrected chi connectivity index (χ0v) is 26.0. The summed E-state index contributed by atoms with van der Waals surface area (Å²) in [6, 6.07) is 23.4. The Bertz CT molecular complexity index is 2320. The zero-order chi connectivity index (χ0) is 30.5. The van der Waals surface area contributed by atoms with Gasteiger partial charge in [-0.2, -0.15) is 9.47 Å². The van der Waals surface area contributed by atoms with Gasteiger partial charge in [-0.1, -0.05) is 24.3 Å². The summed E-state index contributed by atoms with van der Waals surface area (Å²) in [7, 11) is 0. The van der Waals surface area contributed by atoms with Crippen LogP contribution in [0.3, 0.4) is 0 Å². The quantitative estimate of drug-likeness (QED) is 0.215. The Labute approximate surface area is 272 Å². The number of aliphatic imine (C=N–C) groups is 1. The summed E-state index contributed by atoms with van der Waals surface area (Å²) in [5, 5.41) is 14.1. The number of para-hydroxylation sites is 3. The Hall–Kier alpha value is -5.57. The number of thiazole rings is 2. The van der Waals surface area contributed by atoms with Gasteiger partial charge in [0.2, 0.25) is 5.54 Å². The van der Waals surface area contributed by atoms with Crippen molar-refractivity contribution in [3.63, 3.8) is 0 Å². The average molecular weight is 654 g/mol. The Balaban J connectivity index is 1.49. The van der Waals surface area contributed by atoms with Crippen molar-refractivity contribution in [2.24, 2.45) is 4.99 Å². The number of rotatable bonds is 6. The second-order valence-corrected chi connectivity index (χ2v) is 12.7. The number of benzene rings is 2. The van der Waals surface area contributed by atoms with E-state index in [1.165, 1.54) is 22.9 Å². The molecule has 1 unspecified atom stereocenters. The molecule has 0 aliphatic carbocycles. The lowest BCUT2D eigenvalue weighted by Gasteiger charge is -2.44. The zero-order valence-electron chi connectivity index (χ0n) is 23.6. The van der Waals surface area contributed by atoms with Crippen LogP contribution < -0.4 is 4.90 Å². The fourth-order valence-electron chi connectivity index (χ4n) is 5.68. The minimum absolute atomic E-state index is 0.421. The Morgan fingerprint density at radius 2 is 1.61 bits per heavy atom. The lowest BCUT2D eigenvalue weighted by Crippen LogP contribution is -2.56. The van der Waals surface area contributed by atoms with Crippen molar-refractivity contribution in [3.05, 3.63) is 136 Å². The normalized spacial score (nSPS) is 16.8. The highest BCUT2D eigenvalue weighted by Gasteiger charge is 2.57. The van der Waals surface area contributed by atoms with E-state index in [9.17, 15) is 0 Å². The molecule has 220 valence electrons. The first kappa shape index (κ1) is 26.8. The van der Waals surface area contributed by atoms with Gasteiger partial charge in [0, 0.05) is 35.5 Å². The summed E-state index contributed by atoms with van der Waals surface area (Å²) in [5.74, 6) is 0.958. The van der Waals surface area contributed by atoms with Crippen LogP contribution in [-0.4, -0.2) is 50.2 Å². The Morgan fingerprint density at radius 1 is 0.739 bits per heavy atom. The number of H-pyrrole nitrogens is 1. The van der Waals surface area contributed by atoms with Crippen molar-refractivity contribution < 1.29 is 0 Å². The van der Waals surface area contributed by atoms with E-state index in [0.29, 0.717) is 45.3 Å². The molecule has 0 amide bonds. The lowest BCUT2D eigenvalue weighted by atomic mass is 9.83. The van der Waals surface area contributed by atoms with Crippen molar-refractivity contribution in [1.29, 1.82) is 0 Å². The SMILES string of the molecule is c1cnc(C2(c3nc4ccccc4[nH]3)C(c3cccnn3)=NC(c3ccsn3)=C(c3nc4ccccc4s3)N2c2nccs2)nc1. The smallest absolute Gasteiger partial charge is 0.209 e. The molecule has 2 aromatic carbocycles. The lowest BCUT2D eigenvalue weighted by molar-refractivity contribution is 0.604. The van der Waals surface area contributed by atoms with E-state index < -0.39 is 5.54 Å². The molecular formula is C32H19N11S3. The van der Waals surface area contributed by atoms with Crippen LogP contribution in [0.4, 0.5) is 5.13 Å². The van der Waals surface area contributed by atoms with Gasteiger partial charge in [0.05, 0.1) is 21.3 Å². The predicted octanol–water partition coefficient (Wildman–Crippen LogP) is 6.44. The van der Waals surface area contributed by atoms with Crippen LogP contribution in [0.15, 0.2) is 113 Å². The van der Waals surface area contributed by atoms with Gasteiger partial charge in [-0.05, 0) is 60.1 Å². The van der Waals surface area contributed by atoms with Crippen LogP contribution in [0, 0.1) is 0 Å². The second-order valence-electron chi connectivity index (χ2n) is 10.2. The standard InChI is InChI=1S/C32H19N11S3/c1-2-8-20-19(7-1)38-30(39-20)32(29-33-13-6-14-34-29)27(23-10-5-15-36-41-23)40-25(22-12-17-45-42-22)26(43(32)31-35-16-18-44-31)28-37-21-9-3-4-11-24(21)46-28/h1-18H,(H,38,39). The van der Waals surface area contributed by atoms with E-state index >= 15 is 0 Å². The second kappa shape index (κ2) is 10.8. The molecular weight excluding hydrogens is 635 g/mol. The first-order valence-corrected chi connectivity index (χ1v) is 16.6. The molecule has 0 fully saturated rings. The maximum atomic E-state index is 5.46. The minimum Gasteiger partial charge on any atom is -0.339 e. The Kier molecular flexibility index (Phi) is 6.29. The number of nitrogens with zero attached hydrogens (tertiary/aromatic N) is 10. The van der Waals surface area contributed by atoms with E-state index in [1.807, 2.05) is 71.4 Å². The molecule has 9 rings (SSSR count). The summed E-state index contributed by atoms with van der Waals surface area (Å²) < 4.78 is 5.80. The number of aromatic nitrogens is 9. The number of nitrogens with one attached hydrogen (secondary N) is 1. The highest BCUT2D eigenvalue weighted by Crippen LogP contribution is 2.51. The minimum atomic E-state index is -1.40. The van der Waals surface area contributed by atoms with Crippen molar-refractivity contribution in [2.45, 2.75) is 5.54 Å². The van der Waals surface area contributed by atoms with Gasteiger partial charge in [-0.15, -0.1) is 27.8 Å². The third-order valence-corrected chi connectivity index (χ3v) is 9.93. The molecule has 0 bridgehead atoms. The monoisotopic (exact) mass is 653 g/mol. The maximum Gasteiger partial charge on any atom is 0.209 e. The molecule has 1 N–H and O–H groups in total. The molecule has 1 aliphatic rings. The first-order valence-electron chi connectivity index (χ1n) is 14.1. The van der Waals surface area contributed by atoms with Gasteiger partial charge >= 0.3 is 0 Å². The van der Waals surface area contributed by atoms with Crippen LogP contribution >= 0.6 is 34.2 Å². The van der Waals surface area contributed by atoms with Crippen molar-refractivity contribution in [1.82, 2.24) is 44.5 Å². The molecule has 46 heavy (non-hydrogen) atoms. The molecule has 0 saturated carbocycles. The van der Waals surface area contributed by atoms with Gasteiger partial charge in [0.15, 0.2) is 11.0 Å². The molecule has 1 aliphatic heterocycles. The number of hydrogen-bond acceptors (Lipinski definition) is 13. The fourth-order valence-corrected chi connectivity index (χ4v) is 7.90. The third-order valence-electron chi connectivity index (χ3n) is 7.57. The summed E-state index contributed by atoms with van der Waals surface area (Å²) in [5.41, 5.74) is 4.13. The van der Waals surface area contributed by atoms with Crippen LogP contribution in [-0.2, 0) is 5.54 Å². The van der Waals surface area contributed by atoms with Gasteiger partial charge in [0.25, 0.3) is 0 Å². The number of anilines is 1. The fraction of sp³-hybridized carbons (Fsp3) is 0.0312. The van der Waals surface area contributed by atoms with Gasteiger partial charge in [0.1, 0.15) is 39.3 Å². The molecule has 8 aromatic rings. The van der Waals surface area contributed by atoms with Crippen molar-refractivity contribution >= 4 is 77.7 Å². The summed E-state index contributed by atoms with van der Waals surface area (Å²) >= 11 is 4.41. The molecule has 1 atom stereocenters. The Morgan fingerprint density at radius 3 is 2.37 bits per heavy atom. The topological polar surface area (TPSA) is 135 Å². The van der Waals surface area contributed by atoms with Gasteiger partial charge in [-0.25, -0.2) is 29.9 Å². The van der Waals surface area contributed by atoms with Gasteiger partial charge in [-0.3, -0.25) is 4.90 Å². The van der Waals surface area contributed by atoms with Crippen LogP contribution in [0.25, 0.3) is 32.6 Å². The van der Waals surface area contributed by atoms with Crippen LogP contribution in [0.2, 0.25) is 0 Å². The summed E-state index contributed by atoms with van der Waals surface area (Å²) in [6.45, 7) is 0. The van der Waals surface area contributed by atoms with Crippen LogP contribution in [0.1, 0.15) is 28.0 Å². The summed E-state index contributed by atoms with van der Waals surface area (Å²) in [4.78, 5) is 36.2. The summed E-state index contributed by atoms with van der Waals surface area (Å²) in [6.07, 6.45) is 6.86. The van der Waals surface area contributed by atoms with E-state index in [4.69, 9.17) is 34.3 Å². The highest BCUT2D eigenvalue weighted by atomic mass is 32.1. The molecule has 7 heterocycles. The number of aromatic amines is 1. The van der Waals surface area contributed by atoms with E-state index in [1.54, 1.807) is 42.2 Å². The molecule has 0 saturated heterocycles. The van der Waals surface area contributed by atoms with E-state index in [2.05, 4.69) is 26.1 Å². The predicted molar refractivity (Wildman–Crippen MR) is 181 cm³/mol. The van der Waals surface area contributed by atoms with Gasteiger partial charge < -0.3 is 4.98 Å². The third kappa shape index (κ3) is 4.11. The molecule has 11 nitrogen and oxygen atoms in total. The average Bonchev–Trinajstić information content (AvgIpc) is 3.95. The highest BCUT2D eigenvalue weighted by molar-refractivity contribution is 7.19. The van der Waals surface area contributed by atoms with E-state index in [-0.39, 0.29) is 0 Å². The van der Waals surface area contributed by atoms with Crippen molar-refractivity contribution in [2.75, 3.05) is 4.90 Å². The molecule has 0 radical (unpaired) electrons. The number of fused-ring (bicyclic) bond motifs is 2.